The quantitative estimate of drug-likeness (QED) is 0.713. The second kappa shape index (κ2) is 7.52. The van der Waals surface area contributed by atoms with E-state index < -0.39 is 0 Å². The number of ether oxygens (including phenoxy) is 2. The Hall–Kier alpha value is -3.67. The molecule has 140 valence electrons. The van der Waals surface area contributed by atoms with Crippen molar-refractivity contribution in [2.45, 2.75) is 0 Å². The van der Waals surface area contributed by atoms with E-state index in [1.807, 2.05) is 48.5 Å². The van der Waals surface area contributed by atoms with Crippen molar-refractivity contribution in [1.82, 2.24) is 0 Å². The van der Waals surface area contributed by atoms with E-state index >= 15 is 0 Å². The lowest BCUT2D eigenvalue weighted by Crippen LogP contribution is -2.15. The Bertz CT molecular complexity index is 1060. The number of methoxy groups -OCH3 is 2. The third-order valence-electron chi connectivity index (χ3n) is 4.37. The van der Waals surface area contributed by atoms with E-state index in [0.717, 1.165) is 22.6 Å². The Kier molecular flexibility index (Phi) is 4.76. The molecule has 0 saturated carbocycles. The van der Waals surface area contributed by atoms with Crippen LogP contribution in [0.25, 0.3) is 0 Å². The number of benzene rings is 3. The Morgan fingerprint density at radius 1 is 0.750 bits per heavy atom. The molecule has 0 radical (unpaired) electrons. The number of nitrogens with zero attached hydrogens (tertiary/aromatic N) is 2. The van der Waals surface area contributed by atoms with Crippen LogP contribution in [0.1, 0.15) is 11.1 Å². The molecular formula is C22H18FN3O2. The van der Waals surface area contributed by atoms with Gasteiger partial charge < -0.3 is 14.8 Å². The zero-order chi connectivity index (χ0) is 19.5. The fourth-order valence-electron chi connectivity index (χ4n) is 2.86. The SMILES string of the molecule is COc1ccc(C2=Nc3ccc(F)cc3NC(c3ccc(OC)cc3)=N2)cc1. The van der Waals surface area contributed by atoms with Gasteiger partial charge >= 0.3 is 0 Å². The summed E-state index contributed by atoms with van der Waals surface area (Å²) in [5.74, 6) is 2.24. The first-order chi connectivity index (χ1) is 13.7. The van der Waals surface area contributed by atoms with Gasteiger partial charge in [0.25, 0.3) is 0 Å². The van der Waals surface area contributed by atoms with Crippen molar-refractivity contribution in [3.8, 4) is 11.5 Å². The van der Waals surface area contributed by atoms with Gasteiger partial charge in [-0.1, -0.05) is 0 Å². The number of hydrogen-bond acceptors (Lipinski definition) is 5. The lowest BCUT2D eigenvalue weighted by molar-refractivity contribution is 0.414. The first kappa shape index (κ1) is 17.7. The van der Waals surface area contributed by atoms with Crippen molar-refractivity contribution >= 4 is 23.0 Å². The second-order valence-corrected chi connectivity index (χ2v) is 6.14. The second-order valence-electron chi connectivity index (χ2n) is 6.14. The number of nitrogens with one attached hydrogen (secondary N) is 1. The molecule has 0 aromatic heterocycles. The van der Waals surface area contributed by atoms with Crippen LogP contribution < -0.4 is 14.8 Å². The van der Waals surface area contributed by atoms with E-state index in [9.17, 15) is 4.39 Å². The number of halogens is 1. The lowest BCUT2D eigenvalue weighted by Gasteiger charge is -2.10. The summed E-state index contributed by atoms with van der Waals surface area (Å²) in [6, 6.07) is 19.4. The van der Waals surface area contributed by atoms with E-state index in [2.05, 4.69) is 10.3 Å². The summed E-state index contributed by atoms with van der Waals surface area (Å²) < 4.78 is 24.2. The van der Waals surface area contributed by atoms with E-state index in [-0.39, 0.29) is 5.82 Å². The van der Waals surface area contributed by atoms with Crippen molar-refractivity contribution in [2.75, 3.05) is 19.5 Å². The van der Waals surface area contributed by atoms with E-state index in [4.69, 9.17) is 14.5 Å². The maximum Gasteiger partial charge on any atom is 0.162 e. The van der Waals surface area contributed by atoms with Gasteiger partial charge in [0.2, 0.25) is 0 Å². The number of rotatable bonds is 4. The molecule has 0 saturated heterocycles. The van der Waals surface area contributed by atoms with Crippen LogP contribution in [-0.4, -0.2) is 25.9 Å². The normalized spacial score (nSPS) is 12.8. The van der Waals surface area contributed by atoms with Gasteiger partial charge in [-0.25, -0.2) is 14.4 Å². The third-order valence-corrected chi connectivity index (χ3v) is 4.37. The number of amidine groups is 2. The molecule has 1 aliphatic heterocycles. The van der Waals surface area contributed by atoms with Crippen LogP contribution in [-0.2, 0) is 0 Å². The highest BCUT2D eigenvalue weighted by Gasteiger charge is 2.16. The zero-order valence-electron chi connectivity index (χ0n) is 15.4. The van der Waals surface area contributed by atoms with Gasteiger partial charge in [0.1, 0.15) is 23.2 Å². The lowest BCUT2D eigenvalue weighted by atomic mass is 10.1. The molecule has 6 heteroatoms. The van der Waals surface area contributed by atoms with Gasteiger partial charge in [-0.3, -0.25) is 0 Å². The Morgan fingerprint density at radius 2 is 1.36 bits per heavy atom. The first-order valence-corrected chi connectivity index (χ1v) is 8.69. The maximum atomic E-state index is 13.8. The highest BCUT2D eigenvalue weighted by Crippen LogP contribution is 2.30. The molecule has 1 aliphatic rings. The van der Waals surface area contributed by atoms with Gasteiger partial charge in [0, 0.05) is 11.1 Å². The van der Waals surface area contributed by atoms with Gasteiger partial charge in [-0.05, 0) is 66.7 Å². The molecule has 0 unspecified atom stereocenters. The van der Waals surface area contributed by atoms with Crippen molar-refractivity contribution < 1.29 is 13.9 Å². The van der Waals surface area contributed by atoms with Crippen LogP contribution in [0.5, 0.6) is 11.5 Å². The van der Waals surface area contributed by atoms with Gasteiger partial charge in [0.05, 0.1) is 25.6 Å². The number of hydrogen-bond donors (Lipinski definition) is 1. The van der Waals surface area contributed by atoms with Crippen molar-refractivity contribution in [3.05, 3.63) is 83.7 Å². The van der Waals surface area contributed by atoms with Crippen LogP contribution in [0.2, 0.25) is 0 Å². The summed E-state index contributed by atoms with van der Waals surface area (Å²) in [5.41, 5.74) is 2.82. The zero-order valence-corrected chi connectivity index (χ0v) is 15.4. The highest BCUT2D eigenvalue weighted by atomic mass is 19.1. The average molecular weight is 375 g/mol. The Balaban J connectivity index is 1.83. The summed E-state index contributed by atoms with van der Waals surface area (Å²) in [6.45, 7) is 0. The molecule has 0 spiro atoms. The minimum absolute atomic E-state index is 0.344. The smallest absolute Gasteiger partial charge is 0.162 e. The maximum absolute atomic E-state index is 13.8. The monoisotopic (exact) mass is 375 g/mol. The molecule has 28 heavy (non-hydrogen) atoms. The van der Waals surface area contributed by atoms with Gasteiger partial charge in [-0.2, -0.15) is 0 Å². The molecular weight excluding hydrogens is 357 g/mol. The standard InChI is InChI=1S/C22H18FN3O2/c1-27-17-8-3-14(4-9-17)21-24-19-12-7-16(23)13-20(19)25-22(26-21)15-5-10-18(28-2)11-6-15/h3-13H,1-2H3,(H,24,25,26). The molecule has 0 amide bonds. The Morgan fingerprint density at radius 3 is 1.96 bits per heavy atom. The van der Waals surface area contributed by atoms with Crippen molar-refractivity contribution in [1.29, 1.82) is 0 Å². The van der Waals surface area contributed by atoms with Crippen LogP contribution in [0, 0.1) is 5.82 Å². The topological polar surface area (TPSA) is 55.2 Å². The summed E-state index contributed by atoms with van der Waals surface area (Å²) in [4.78, 5) is 9.37. The molecule has 0 fully saturated rings. The summed E-state index contributed by atoms with van der Waals surface area (Å²) >= 11 is 0. The molecule has 1 N–H and O–H groups in total. The third kappa shape index (κ3) is 3.57. The highest BCUT2D eigenvalue weighted by molar-refractivity contribution is 6.19. The van der Waals surface area contributed by atoms with Crippen molar-refractivity contribution in [2.24, 2.45) is 9.98 Å². The minimum Gasteiger partial charge on any atom is -0.497 e. The molecule has 0 bridgehead atoms. The molecule has 1 heterocycles. The largest absolute Gasteiger partial charge is 0.497 e. The summed E-state index contributed by atoms with van der Waals surface area (Å²) in [7, 11) is 3.23. The molecule has 3 aromatic rings. The Labute approximate surface area is 162 Å². The van der Waals surface area contributed by atoms with Crippen molar-refractivity contribution in [3.63, 3.8) is 0 Å². The molecule has 5 nitrogen and oxygen atoms in total. The fraction of sp³-hybridized carbons (Fsp3) is 0.0909. The van der Waals surface area contributed by atoms with E-state index in [0.29, 0.717) is 23.0 Å². The van der Waals surface area contributed by atoms with Crippen LogP contribution in [0.3, 0.4) is 0 Å². The molecule has 0 aliphatic carbocycles. The van der Waals surface area contributed by atoms with Crippen LogP contribution in [0.4, 0.5) is 15.8 Å². The predicted octanol–water partition coefficient (Wildman–Crippen LogP) is 4.79. The number of fused-ring (bicyclic) bond motifs is 1. The molecule has 4 rings (SSSR count). The predicted molar refractivity (Wildman–Crippen MR) is 109 cm³/mol. The fourth-order valence-corrected chi connectivity index (χ4v) is 2.86. The van der Waals surface area contributed by atoms with Gasteiger partial charge in [-0.15, -0.1) is 0 Å². The van der Waals surface area contributed by atoms with Crippen LogP contribution in [0.15, 0.2) is 76.7 Å². The summed E-state index contributed by atoms with van der Waals surface area (Å²) in [5, 5.41) is 3.21. The van der Waals surface area contributed by atoms with E-state index in [1.165, 1.54) is 12.1 Å². The number of aliphatic imine (C=N–C) groups is 2. The molecule has 3 aromatic carbocycles. The average Bonchev–Trinajstić information content (AvgIpc) is 2.93. The molecule has 0 atom stereocenters. The summed E-state index contributed by atoms with van der Waals surface area (Å²) in [6.07, 6.45) is 0. The number of anilines is 1. The van der Waals surface area contributed by atoms with E-state index in [1.54, 1.807) is 20.3 Å². The van der Waals surface area contributed by atoms with Crippen LogP contribution >= 0.6 is 0 Å². The minimum atomic E-state index is -0.344. The van der Waals surface area contributed by atoms with Gasteiger partial charge in [0.15, 0.2) is 5.84 Å². The first-order valence-electron chi connectivity index (χ1n) is 8.69.